The molecule has 4 nitrogen and oxygen atoms in total. The summed E-state index contributed by atoms with van der Waals surface area (Å²) >= 11 is 0. The lowest BCUT2D eigenvalue weighted by Gasteiger charge is -2.05. The van der Waals surface area contributed by atoms with Gasteiger partial charge in [0.15, 0.2) is 23.6 Å². The predicted molar refractivity (Wildman–Crippen MR) is 71.5 cm³/mol. The van der Waals surface area contributed by atoms with Crippen molar-refractivity contribution in [3.05, 3.63) is 65.6 Å². The number of aromatic nitrogens is 1. The predicted octanol–water partition coefficient (Wildman–Crippen LogP) is 3.04. The van der Waals surface area contributed by atoms with Crippen LogP contribution in [-0.4, -0.2) is 10.9 Å². The lowest BCUT2D eigenvalue weighted by atomic mass is 10.1. The van der Waals surface area contributed by atoms with Crippen LogP contribution in [0.5, 0.6) is 0 Å². The molecule has 0 bridgehead atoms. The van der Waals surface area contributed by atoms with Crippen LogP contribution >= 0.6 is 0 Å². The smallest absolute Gasteiger partial charge is 0.251 e. The second-order valence-corrected chi connectivity index (χ2v) is 4.47. The van der Waals surface area contributed by atoms with Crippen molar-refractivity contribution < 1.29 is 18.0 Å². The molecular formula is C15H10F2N2O2. The van der Waals surface area contributed by atoms with Crippen LogP contribution in [0.3, 0.4) is 0 Å². The van der Waals surface area contributed by atoms with E-state index in [0.29, 0.717) is 5.58 Å². The van der Waals surface area contributed by atoms with Gasteiger partial charge in [0, 0.05) is 12.1 Å². The molecule has 21 heavy (non-hydrogen) atoms. The molecule has 1 aromatic heterocycles. The number of benzene rings is 2. The highest BCUT2D eigenvalue weighted by Crippen LogP contribution is 2.14. The monoisotopic (exact) mass is 288 g/mol. The van der Waals surface area contributed by atoms with Gasteiger partial charge in [-0.25, -0.2) is 13.8 Å². The van der Waals surface area contributed by atoms with Crippen LogP contribution in [0, 0.1) is 11.6 Å². The number of hydrogen-bond donors (Lipinski definition) is 1. The van der Waals surface area contributed by atoms with Crippen LogP contribution in [0.1, 0.15) is 15.9 Å². The first-order chi connectivity index (χ1) is 10.1. The summed E-state index contributed by atoms with van der Waals surface area (Å²) < 4.78 is 31.0. The molecule has 3 rings (SSSR count). The largest absolute Gasteiger partial charge is 0.443 e. The average Bonchev–Trinajstić information content (AvgIpc) is 2.95. The van der Waals surface area contributed by atoms with E-state index in [1.807, 2.05) is 0 Å². The van der Waals surface area contributed by atoms with Gasteiger partial charge in [-0.05, 0) is 35.9 Å². The topological polar surface area (TPSA) is 55.1 Å². The summed E-state index contributed by atoms with van der Waals surface area (Å²) in [5.74, 6) is -2.51. The first kappa shape index (κ1) is 13.2. The number of carbonyl (C=O) groups is 1. The molecule has 0 saturated carbocycles. The number of nitrogens with one attached hydrogen (secondary N) is 1. The Kier molecular flexibility index (Phi) is 3.35. The molecule has 1 N–H and O–H groups in total. The summed E-state index contributed by atoms with van der Waals surface area (Å²) in [4.78, 5) is 15.8. The highest BCUT2D eigenvalue weighted by molar-refractivity contribution is 5.94. The van der Waals surface area contributed by atoms with Crippen molar-refractivity contribution in [2.75, 3.05) is 0 Å². The quantitative estimate of drug-likeness (QED) is 0.806. The summed E-state index contributed by atoms with van der Waals surface area (Å²) in [5, 5.41) is 2.63. The Morgan fingerprint density at radius 1 is 1.14 bits per heavy atom. The van der Waals surface area contributed by atoms with Gasteiger partial charge in [0.05, 0.1) is 0 Å². The Hall–Kier alpha value is -2.76. The average molecular weight is 288 g/mol. The number of nitrogens with zero attached hydrogens (tertiary/aromatic N) is 1. The molecule has 0 radical (unpaired) electrons. The molecule has 0 aliphatic carbocycles. The molecule has 6 heteroatoms. The Morgan fingerprint density at radius 3 is 2.81 bits per heavy atom. The highest BCUT2D eigenvalue weighted by atomic mass is 19.2. The van der Waals surface area contributed by atoms with Gasteiger partial charge in [-0.3, -0.25) is 4.79 Å². The number of oxazole rings is 1. The summed E-state index contributed by atoms with van der Waals surface area (Å²) in [5.41, 5.74) is 2.23. The van der Waals surface area contributed by atoms with E-state index in [2.05, 4.69) is 10.3 Å². The maximum Gasteiger partial charge on any atom is 0.251 e. The fourth-order valence-corrected chi connectivity index (χ4v) is 1.93. The summed E-state index contributed by atoms with van der Waals surface area (Å²) in [6.45, 7) is 0.245. The third kappa shape index (κ3) is 2.74. The van der Waals surface area contributed by atoms with Crippen LogP contribution in [0.2, 0.25) is 0 Å². The Bertz CT molecular complexity index is 814. The molecule has 1 amide bonds. The first-order valence-corrected chi connectivity index (χ1v) is 6.19. The van der Waals surface area contributed by atoms with Gasteiger partial charge >= 0.3 is 0 Å². The number of amides is 1. The first-order valence-electron chi connectivity index (χ1n) is 6.19. The second kappa shape index (κ2) is 5.32. The van der Waals surface area contributed by atoms with E-state index >= 15 is 0 Å². The van der Waals surface area contributed by atoms with Crippen molar-refractivity contribution in [3.8, 4) is 0 Å². The second-order valence-electron chi connectivity index (χ2n) is 4.47. The Morgan fingerprint density at radius 2 is 2.00 bits per heavy atom. The molecule has 1 heterocycles. The number of halogens is 2. The Balaban J connectivity index is 1.71. The maximum atomic E-state index is 13.1. The Labute approximate surface area is 118 Å². The lowest BCUT2D eigenvalue weighted by Crippen LogP contribution is -2.22. The number of hydrogen-bond acceptors (Lipinski definition) is 3. The zero-order valence-corrected chi connectivity index (χ0v) is 10.8. The molecule has 0 aliphatic rings. The van der Waals surface area contributed by atoms with Gasteiger partial charge < -0.3 is 9.73 Å². The van der Waals surface area contributed by atoms with Crippen LogP contribution in [0.4, 0.5) is 8.78 Å². The SMILES string of the molecule is O=C(NCc1ccc2ncoc2c1)c1ccc(F)c(F)c1. The van der Waals surface area contributed by atoms with Crippen LogP contribution in [0.15, 0.2) is 47.2 Å². The molecule has 0 spiro atoms. The molecule has 2 aromatic carbocycles. The van der Waals surface area contributed by atoms with Crippen LogP contribution in [0.25, 0.3) is 11.1 Å². The summed E-state index contributed by atoms with van der Waals surface area (Å²) in [6.07, 6.45) is 1.34. The molecule has 0 atom stereocenters. The van der Waals surface area contributed by atoms with E-state index in [1.165, 1.54) is 12.5 Å². The van der Waals surface area contributed by atoms with Gasteiger partial charge in [0.2, 0.25) is 0 Å². The van der Waals surface area contributed by atoms with Gasteiger partial charge in [0.1, 0.15) is 5.52 Å². The fourth-order valence-electron chi connectivity index (χ4n) is 1.93. The van der Waals surface area contributed by atoms with E-state index in [4.69, 9.17) is 4.42 Å². The molecule has 3 aromatic rings. The third-order valence-corrected chi connectivity index (χ3v) is 3.03. The molecule has 0 fully saturated rings. The minimum absolute atomic E-state index is 0.0645. The zero-order valence-electron chi connectivity index (χ0n) is 10.8. The van der Waals surface area contributed by atoms with Crippen molar-refractivity contribution in [2.24, 2.45) is 0 Å². The molecule has 0 saturated heterocycles. The highest BCUT2D eigenvalue weighted by Gasteiger charge is 2.09. The van der Waals surface area contributed by atoms with Crippen molar-refractivity contribution in [2.45, 2.75) is 6.54 Å². The lowest BCUT2D eigenvalue weighted by molar-refractivity contribution is 0.0950. The van der Waals surface area contributed by atoms with Gasteiger partial charge in [-0.1, -0.05) is 6.07 Å². The summed E-state index contributed by atoms with van der Waals surface area (Å²) in [6, 6.07) is 8.35. The van der Waals surface area contributed by atoms with E-state index in [0.717, 1.165) is 23.2 Å². The number of carbonyl (C=O) groups excluding carboxylic acids is 1. The van der Waals surface area contributed by atoms with Crippen LogP contribution < -0.4 is 5.32 Å². The minimum Gasteiger partial charge on any atom is -0.443 e. The van der Waals surface area contributed by atoms with Crippen LogP contribution in [-0.2, 0) is 6.54 Å². The summed E-state index contributed by atoms with van der Waals surface area (Å²) in [7, 11) is 0. The third-order valence-electron chi connectivity index (χ3n) is 3.03. The van der Waals surface area contributed by atoms with Crippen molar-refractivity contribution >= 4 is 17.0 Å². The maximum absolute atomic E-state index is 13.1. The molecule has 0 aliphatic heterocycles. The molecule has 106 valence electrons. The van der Waals surface area contributed by atoms with Gasteiger partial charge in [0.25, 0.3) is 5.91 Å². The fraction of sp³-hybridized carbons (Fsp3) is 0.0667. The van der Waals surface area contributed by atoms with Crippen molar-refractivity contribution in [1.29, 1.82) is 0 Å². The zero-order chi connectivity index (χ0) is 14.8. The standard InChI is InChI=1S/C15H10F2N2O2/c16-11-3-2-10(6-12(11)17)15(20)18-7-9-1-4-13-14(5-9)21-8-19-13/h1-6,8H,7H2,(H,18,20). The van der Waals surface area contributed by atoms with Gasteiger partial charge in [-0.2, -0.15) is 0 Å². The van der Waals surface area contributed by atoms with E-state index in [-0.39, 0.29) is 12.1 Å². The van der Waals surface area contributed by atoms with E-state index in [1.54, 1.807) is 18.2 Å². The number of rotatable bonds is 3. The van der Waals surface area contributed by atoms with Crippen molar-refractivity contribution in [1.82, 2.24) is 10.3 Å². The molecular weight excluding hydrogens is 278 g/mol. The van der Waals surface area contributed by atoms with E-state index < -0.39 is 17.5 Å². The minimum atomic E-state index is -1.05. The molecule has 0 unspecified atom stereocenters. The normalized spacial score (nSPS) is 10.8. The number of fused-ring (bicyclic) bond motifs is 1. The van der Waals surface area contributed by atoms with Gasteiger partial charge in [-0.15, -0.1) is 0 Å². The van der Waals surface area contributed by atoms with Crippen molar-refractivity contribution in [3.63, 3.8) is 0 Å². The van der Waals surface area contributed by atoms with E-state index in [9.17, 15) is 13.6 Å².